The second-order valence-electron chi connectivity index (χ2n) is 3.36. The van der Waals surface area contributed by atoms with Gasteiger partial charge in [0.05, 0.1) is 0 Å². The zero-order chi connectivity index (χ0) is 11.5. The quantitative estimate of drug-likeness (QED) is 0.574. The van der Waals surface area contributed by atoms with Gasteiger partial charge in [-0.1, -0.05) is 29.9 Å². The van der Waals surface area contributed by atoms with Gasteiger partial charge >= 0.3 is 0 Å². The van der Waals surface area contributed by atoms with Crippen LogP contribution in [0, 0.1) is 37.0 Å². The van der Waals surface area contributed by atoms with Crippen LogP contribution in [-0.2, 0) is 0 Å². The van der Waals surface area contributed by atoms with Crippen LogP contribution in [0.3, 0.4) is 0 Å². The smallest absolute Gasteiger partial charge is 0.0333 e. The fourth-order valence-electron chi connectivity index (χ4n) is 1.71. The average Bonchev–Trinajstić information content (AvgIpc) is 2.36. The van der Waals surface area contributed by atoms with E-state index in [9.17, 15) is 0 Å². The van der Waals surface area contributed by atoms with Crippen molar-refractivity contribution in [2.45, 2.75) is 0 Å². The molecule has 0 heterocycles. The van der Waals surface area contributed by atoms with Crippen molar-refractivity contribution in [2.75, 3.05) is 0 Å². The molecule has 2 rings (SSSR count). The van der Waals surface area contributed by atoms with Gasteiger partial charge in [-0.3, -0.25) is 0 Å². The zero-order valence-electron chi connectivity index (χ0n) is 8.62. The maximum atomic E-state index is 5.46. The van der Waals surface area contributed by atoms with Crippen LogP contribution in [-0.4, -0.2) is 0 Å². The van der Waals surface area contributed by atoms with E-state index in [1.807, 2.05) is 30.3 Å². The number of terminal acetylenes is 3. The summed E-state index contributed by atoms with van der Waals surface area (Å²) in [5, 5.41) is 1.91. The van der Waals surface area contributed by atoms with Crippen LogP contribution in [0.25, 0.3) is 10.8 Å². The molecule has 0 radical (unpaired) electrons. The van der Waals surface area contributed by atoms with Gasteiger partial charge in [-0.2, -0.15) is 0 Å². The Hall–Kier alpha value is -2.62. The van der Waals surface area contributed by atoms with Gasteiger partial charge in [0.15, 0.2) is 0 Å². The Morgan fingerprint density at radius 1 is 0.750 bits per heavy atom. The first-order chi connectivity index (χ1) is 7.80. The summed E-state index contributed by atoms with van der Waals surface area (Å²) in [5.41, 5.74) is 2.34. The van der Waals surface area contributed by atoms with E-state index in [0.717, 1.165) is 27.5 Å². The van der Waals surface area contributed by atoms with E-state index in [0.29, 0.717) is 0 Å². The number of rotatable bonds is 0. The molecule has 2 aromatic rings. The van der Waals surface area contributed by atoms with Gasteiger partial charge in [-0.25, -0.2) is 0 Å². The van der Waals surface area contributed by atoms with Crippen LogP contribution in [0.2, 0.25) is 0 Å². The van der Waals surface area contributed by atoms with Crippen molar-refractivity contribution in [1.82, 2.24) is 0 Å². The van der Waals surface area contributed by atoms with Crippen LogP contribution >= 0.6 is 0 Å². The van der Waals surface area contributed by atoms with Crippen molar-refractivity contribution in [3.05, 3.63) is 47.0 Å². The Kier molecular flexibility index (Phi) is 2.39. The highest BCUT2D eigenvalue weighted by Crippen LogP contribution is 2.23. The average molecular weight is 200 g/mol. The van der Waals surface area contributed by atoms with E-state index in [-0.39, 0.29) is 0 Å². The largest absolute Gasteiger partial charge is 0.115 e. The topological polar surface area (TPSA) is 0 Å². The molecule has 0 fully saturated rings. The summed E-state index contributed by atoms with van der Waals surface area (Å²) in [4.78, 5) is 0. The van der Waals surface area contributed by atoms with E-state index in [4.69, 9.17) is 19.3 Å². The van der Waals surface area contributed by atoms with Crippen LogP contribution in [0.4, 0.5) is 0 Å². The Morgan fingerprint density at radius 2 is 1.50 bits per heavy atom. The minimum absolute atomic E-state index is 0.753. The van der Waals surface area contributed by atoms with Gasteiger partial charge in [0.2, 0.25) is 0 Å². The van der Waals surface area contributed by atoms with Crippen molar-refractivity contribution >= 4 is 10.8 Å². The lowest BCUT2D eigenvalue weighted by atomic mass is 9.98. The normalized spacial score (nSPS) is 9.06. The molecule has 0 amide bonds. The molecule has 0 saturated carbocycles. The van der Waals surface area contributed by atoms with Gasteiger partial charge in [0.25, 0.3) is 0 Å². The lowest BCUT2D eigenvalue weighted by Gasteiger charge is -2.04. The number of benzene rings is 2. The predicted molar refractivity (Wildman–Crippen MR) is 67.8 cm³/mol. The fourth-order valence-corrected chi connectivity index (χ4v) is 1.71. The predicted octanol–water partition coefficient (Wildman–Crippen LogP) is 2.78. The first-order valence-electron chi connectivity index (χ1n) is 4.76. The third-order valence-electron chi connectivity index (χ3n) is 2.47. The van der Waals surface area contributed by atoms with Crippen molar-refractivity contribution < 1.29 is 0 Å². The van der Waals surface area contributed by atoms with Gasteiger partial charge in [0.1, 0.15) is 0 Å². The molecule has 0 saturated heterocycles. The molecular formula is C16H8. The molecule has 0 bridgehead atoms. The van der Waals surface area contributed by atoms with Crippen LogP contribution < -0.4 is 0 Å². The van der Waals surface area contributed by atoms with Crippen LogP contribution in [0.5, 0.6) is 0 Å². The Balaban J connectivity index is 2.99. The van der Waals surface area contributed by atoms with Gasteiger partial charge in [0, 0.05) is 16.7 Å². The molecule has 0 aromatic heterocycles. The lowest BCUT2D eigenvalue weighted by molar-refractivity contribution is 1.64. The van der Waals surface area contributed by atoms with Crippen molar-refractivity contribution in [3.8, 4) is 37.0 Å². The monoisotopic (exact) mass is 200 g/mol. The molecule has 0 spiro atoms. The van der Waals surface area contributed by atoms with E-state index in [1.165, 1.54) is 0 Å². The highest BCUT2D eigenvalue weighted by Gasteiger charge is 2.04. The molecule has 16 heavy (non-hydrogen) atoms. The third-order valence-corrected chi connectivity index (χ3v) is 2.47. The van der Waals surface area contributed by atoms with Crippen molar-refractivity contribution in [2.24, 2.45) is 0 Å². The Labute approximate surface area is 95.3 Å². The summed E-state index contributed by atoms with van der Waals surface area (Å²) in [7, 11) is 0. The van der Waals surface area contributed by atoms with E-state index in [1.54, 1.807) is 0 Å². The fraction of sp³-hybridized carbons (Fsp3) is 0. The first kappa shape index (κ1) is 9.92. The van der Waals surface area contributed by atoms with Gasteiger partial charge in [-0.05, 0) is 29.0 Å². The maximum absolute atomic E-state index is 5.46. The molecule has 2 aromatic carbocycles. The lowest BCUT2D eigenvalue weighted by Crippen LogP contribution is -1.86. The minimum Gasteiger partial charge on any atom is -0.115 e. The Bertz CT molecular complexity index is 683. The summed E-state index contributed by atoms with van der Waals surface area (Å²) in [6, 6.07) is 9.44. The molecule has 0 aliphatic heterocycles. The molecule has 0 atom stereocenters. The standard InChI is InChI=1S/C16H8/c1-4-12-10-14(6-3)15-9-7-8-13(5-2)16(15)11-12/h1-3,7-11H. The summed E-state index contributed by atoms with van der Waals surface area (Å²) in [6.45, 7) is 0. The summed E-state index contributed by atoms with van der Waals surface area (Å²) >= 11 is 0. The van der Waals surface area contributed by atoms with Gasteiger partial charge < -0.3 is 0 Å². The SMILES string of the molecule is C#Cc1cc(C#C)c2cccc(C#C)c2c1. The van der Waals surface area contributed by atoms with Gasteiger partial charge in [-0.15, -0.1) is 19.3 Å². The molecule has 0 unspecified atom stereocenters. The summed E-state index contributed by atoms with van der Waals surface area (Å²) in [6.07, 6.45) is 16.3. The molecule has 0 aliphatic rings. The second kappa shape index (κ2) is 3.86. The molecule has 0 nitrogen and oxygen atoms in total. The van der Waals surface area contributed by atoms with Crippen molar-refractivity contribution in [3.63, 3.8) is 0 Å². The number of fused-ring (bicyclic) bond motifs is 1. The zero-order valence-corrected chi connectivity index (χ0v) is 8.62. The molecule has 0 aliphatic carbocycles. The highest BCUT2D eigenvalue weighted by molar-refractivity contribution is 5.93. The van der Waals surface area contributed by atoms with E-state index < -0.39 is 0 Å². The number of hydrogen-bond donors (Lipinski definition) is 0. The molecular weight excluding hydrogens is 192 g/mol. The first-order valence-corrected chi connectivity index (χ1v) is 4.76. The molecule has 0 N–H and O–H groups in total. The van der Waals surface area contributed by atoms with Crippen molar-refractivity contribution in [1.29, 1.82) is 0 Å². The van der Waals surface area contributed by atoms with Crippen LogP contribution in [0.15, 0.2) is 30.3 Å². The van der Waals surface area contributed by atoms with Crippen LogP contribution in [0.1, 0.15) is 16.7 Å². The van der Waals surface area contributed by atoms with E-state index in [2.05, 4.69) is 17.8 Å². The molecule has 72 valence electrons. The molecule has 0 heteroatoms. The van der Waals surface area contributed by atoms with E-state index >= 15 is 0 Å². The summed E-state index contributed by atoms with van der Waals surface area (Å²) in [5.74, 6) is 7.85. The third kappa shape index (κ3) is 1.42. The number of hydrogen-bond acceptors (Lipinski definition) is 0. The highest BCUT2D eigenvalue weighted by atomic mass is 14.1. The Morgan fingerprint density at radius 3 is 2.12 bits per heavy atom. The second-order valence-corrected chi connectivity index (χ2v) is 3.36. The maximum Gasteiger partial charge on any atom is 0.0333 e. The minimum atomic E-state index is 0.753. The summed E-state index contributed by atoms with van der Waals surface area (Å²) < 4.78 is 0.